The third-order valence-electron chi connectivity index (χ3n) is 4.76. The van der Waals surface area contributed by atoms with E-state index >= 15 is 0 Å². The normalized spacial score (nSPS) is 16.2. The number of guanidine groups is 1. The molecule has 2 N–H and O–H groups in total. The summed E-state index contributed by atoms with van der Waals surface area (Å²) in [5.74, 6) is 3.76. The van der Waals surface area contributed by atoms with Gasteiger partial charge in [-0.1, -0.05) is 6.07 Å². The molecule has 0 bridgehead atoms. The Morgan fingerprint density at radius 3 is 3.07 bits per heavy atom. The largest absolute Gasteiger partial charge is 0.469 e. The monoisotopic (exact) mass is 526 g/mol. The van der Waals surface area contributed by atoms with E-state index in [1.165, 1.54) is 4.88 Å². The molecular weight excluding hydrogens is 499 g/mol. The van der Waals surface area contributed by atoms with Crippen molar-refractivity contribution in [3.63, 3.8) is 0 Å². The third kappa shape index (κ3) is 6.30. The summed E-state index contributed by atoms with van der Waals surface area (Å²) >= 11 is 1.78. The molecule has 4 heterocycles. The second-order valence-corrected chi connectivity index (χ2v) is 7.99. The van der Waals surface area contributed by atoms with Crippen molar-refractivity contribution in [2.75, 3.05) is 13.1 Å². The van der Waals surface area contributed by atoms with Crippen LogP contribution in [0.1, 0.15) is 28.7 Å². The zero-order valence-corrected chi connectivity index (χ0v) is 19.7. The van der Waals surface area contributed by atoms with Crippen LogP contribution >= 0.6 is 35.3 Å². The Morgan fingerprint density at radius 1 is 1.34 bits per heavy atom. The van der Waals surface area contributed by atoms with E-state index in [1.54, 1.807) is 17.6 Å². The van der Waals surface area contributed by atoms with Crippen LogP contribution in [0, 0.1) is 6.92 Å². The van der Waals surface area contributed by atoms with Crippen LogP contribution in [0.5, 0.6) is 0 Å². The Bertz CT molecular complexity index is 890. The molecule has 0 fully saturated rings. The Kier molecular flexibility index (Phi) is 8.10. The smallest absolute Gasteiger partial charge is 0.191 e. The van der Waals surface area contributed by atoms with E-state index in [4.69, 9.17) is 9.41 Å². The maximum Gasteiger partial charge on any atom is 0.191 e. The lowest BCUT2D eigenvalue weighted by atomic mass is 10.1. The van der Waals surface area contributed by atoms with E-state index in [2.05, 4.69) is 38.2 Å². The number of nitrogens with one attached hydrogen (secondary N) is 2. The Balaban J connectivity index is 0.00000240. The van der Waals surface area contributed by atoms with Crippen molar-refractivity contribution >= 4 is 41.3 Å². The highest BCUT2D eigenvalue weighted by molar-refractivity contribution is 14.0. The van der Waals surface area contributed by atoms with Gasteiger partial charge in [0.05, 0.1) is 12.8 Å². The van der Waals surface area contributed by atoms with Crippen molar-refractivity contribution in [2.45, 2.75) is 45.2 Å². The van der Waals surface area contributed by atoms with Crippen LogP contribution in [0.3, 0.4) is 0 Å². The van der Waals surface area contributed by atoms with Crippen LogP contribution in [0.25, 0.3) is 0 Å². The summed E-state index contributed by atoms with van der Waals surface area (Å²) in [6.07, 6.45) is 5.47. The van der Waals surface area contributed by atoms with E-state index in [-0.39, 0.29) is 24.0 Å². The Morgan fingerprint density at radius 2 is 2.28 bits per heavy atom. The first-order valence-electron chi connectivity index (χ1n) is 9.76. The fraction of sp³-hybridized carbons (Fsp3) is 0.450. The molecule has 3 aromatic heterocycles. The van der Waals surface area contributed by atoms with Crippen molar-refractivity contribution in [1.29, 1.82) is 0 Å². The van der Waals surface area contributed by atoms with Crippen molar-refractivity contribution < 1.29 is 4.42 Å². The standard InChI is InChI=1S/C20H26N6OS.HI/c1-15-23-19-7-6-16(14-26(19)25-15)24-20(21-10-8-17-4-2-12-27-17)22-11-9-18-5-3-13-28-18;/h2-5,12-13,16H,6-11,14H2,1H3,(H2,21,22,24);1H. The van der Waals surface area contributed by atoms with Crippen molar-refractivity contribution in [1.82, 2.24) is 25.4 Å². The highest BCUT2D eigenvalue weighted by Gasteiger charge is 2.21. The van der Waals surface area contributed by atoms with Gasteiger partial charge in [-0.3, -0.25) is 4.99 Å². The van der Waals surface area contributed by atoms with Crippen molar-refractivity contribution in [3.8, 4) is 0 Å². The summed E-state index contributed by atoms with van der Waals surface area (Å²) in [4.78, 5) is 10.6. The fourth-order valence-corrected chi connectivity index (χ4v) is 4.09. The van der Waals surface area contributed by atoms with Crippen LogP contribution in [0.15, 0.2) is 45.3 Å². The number of aromatic nitrogens is 3. The molecule has 4 rings (SSSR count). The molecule has 0 radical (unpaired) electrons. The molecule has 0 saturated heterocycles. The van der Waals surface area contributed by atoms with Crippen molar-refractivity contribution in [2.24, 2.45) is 4.99 Å². The average Bonchev–Trinajstić information content (AvgIpc) is 3.42. The number of rotatable bonds is 7. The second kappa shape index (κ2) is 10.8. The number of nitrogens with zero attached hydrogens (tertiary/aromatic N) is 4. The molecule has 0 amide bonds. The average molecular weight is 526 g/mol. The Hall–Kier alpha value is -1.88. The number of hydrogen-bond acceptors (Lipinski definition) is 5. The number of furan rings is 1. The van der Waals surface area contributed by atoms with E-state index in [9.17, 15) is 0 Å². The number of hydrogen-bond donors (Lipinski definition) is 2. The lowest BCUT2D eigenvalue weighted by Gasteiger charge is -2.25. The van der Waals surface area contributed by atoms with Crippen LogP contribution < -0.4 is 10.6 Å². The Labute approximate surface area is 192 Å². The summed E-state index contributed by atoms with van der Waals surface area (Å²) in [6, 6.07) is 8.46. The highest BCUT2D eigenvalue weighted by atomic mass is 127. The maximum absolute atomic E-state index is 5.42. The van der Waals surface area contributed by atoms with Gasteiger partial charge in [-0.25, -0.2) is 9.67 Å². The molecule has 1 unspecified atom stereocenters. The quantitative estimate of drug-likeness (QED) is 0.281. The molecule has 3 aromatic rings. The van der Waals surface area contributed by atoms with Gasteiger partial charge >= 0.3 is 0 Å². The van der Waals surface area contributed by atoms with Gasteiger partial charge < -0.3 is 15.1 Å². The molecule has 0 aromatic carbocycles. The number of fused-ring (bicyclic) bond motifs is 1. The van der Waals surface area contributed by atoms with E-state index in [0.717, 1.165) is 68.7 Å². The molecule has 1 aliphatic heterocycles. The molecule has 156 valence electrons. The highest BCUT2D eigenvalue weighted by Crippen LogP contribution is 2.13. The van der Waals surface area contributed by atoms with E-state index in [1.807, 2.05) is 23.7 Å². The number of aryl methyl sites for hydroxylation is 2. The minimum atomic E-state index is 0. The van der Waals surface area contributed by atoms with Crippen molar-refractivity contribution in [3.05, 3.63) is 58.2 Å². The second-order valence-electron chi connectivity index (χ2n) is 6.95. The van der Waals surface area contributed by atoms with E-state index < -0.39 is 0 Å². The van der Waals surface area contributed by atoms with Crippen LogP contribution in [0.2, 0.25) is 0 Å². The summed E-state index contributed by atoms with van der Waals surface area (Å²) < 4.78 is 7.44. The summed E-state index contributed by atoms with van der Waals surface area (Å²) in [5.41, 5.74) is 0. The molecule has 0 spiro atoms. The first kappa shape index (κ1) is 21.8. The number of aliphatic imine (C=N–C) groups is 1. The molecule has 29 heavy (non-hydrogen) atoms. The van der Waals surface area contributed by atoms with Crippen LogP contribution in [0.4, 0.5) is 0 Å². The third-order valence-corrected chi connectivity index (χ3v) is 5.69. The molecule has 1 aliphatic rings. The van der Waals surface area contributed by atoms with Gasteiger partial charge in [-0.15, -0.1) is 35.3 Å². The topological polar surface area (TPSA) is 80.3 Å². The summed E-state index contributed by atoms with van der Waals surface area (Å²) in [6.45, 7) is 4.30. The zero-order chi connectivity index (χ0) is 19.2. The van der Waals surface area contributed by atoms with Gasteiger partial charge in [-0.2, -0.15) is 5.10 Å². The molecule has 0 saturated carbocycles. The SMILES string of the molecule is Cc1nc2n(n1)CC(NC(=NCCc1cccs1)NCCc1ccco1)CC2.I. The van der Waals surface area contributed by atoms with E-state index in [0.29, 0.717) is 6.04 Å². The van der Waals surface area contributed by atoms with Crippen LogP contribution in [-0.2, 0) is 25.8 Å². The molecule has 9 heteroatoms. The molecule has 0 aliphatic carbocycles. The fourth-order valence-electron chi connectivity index (χ4n) is 3.39. The minimum Gasteiger partial charge on any atom is -0.469 e. The summed E-state index contributed by atoms with van der Waals surface area (Å²) in [5, 5.41) is 13.6. The van der Waals surface area contributed by atoms with Gasteiger partial charge in [0.25, 0.3) is 0 Å². The molecule has 7 nitrogen and oxygen atoms in total. The first-order valence-corrected chi connectivity index (χ1v) is 10.6. The zero-order valence-electron chi connectivity index (χ0n) is 16.5. The van der Waals surface area contributed by atoms with Gasteiger partial charge in [-0.05, 0) is 36.9 Å². The number of thiophene rings is 1. The predicted molar refractivity (Wildman–Crippen MR) is 126 cm³/mol. The lowest BCUT2D eigenvalue weighted by molar-refractivity contribution is 0.392. The maximum atomic E-state index is 5.42. The van der Waals surface area contributed by atoms with Gasteiger partial charge in [0.15, 0.2) is 5.96 Å². The lowest BCUT2D eigenvalue weighted by Crippen LogP contribution is -2.47. The minimum absolute atomic E-state index is 0. The van der Waals surface area contributed by atoms with Crippen LogP contribution in [-0.4, -0.2) is 39.9 Å². The predicted octanol–water partition coefficient (Wildman–Crippen LogP) is 3.19. The number of halogens is 1. The van der Waals surface area contributed by atoms with Gasteiger partial charge in [0.2, 0.25) is 0 Å². The molecule has 1 atom stereocenters. The van der Waals surface area contributed by atoms with Gasteiger partial charge in [0.1, 0.15) is 17.4 Å². The molecular formula is C20H27IN6OS. The first-order chi connectivity index (χ1) is 13.8. The summed E-state index contributed by atoms with van der Waals surface area (Å²) in [7, 11) is 0. The van der Waals surface area contributed by atoms with Gasteiger partial charge in [0, 0.05) is 43.3 Å².